The molecule has 0 radical (unpaired) electrons. The molecule has 0 aliphatic carbocycles. The van der Waals surface area contributed by atoms with Crippen molar-refractivity contribution in [2.75, 3.05) is 21.2 Å². The van der Waals surface area contributed by atoms with E-state index in [2.05, 4.69) is 17.9 Å². The van der Waals surface area contributed by atoms with E-state index >= 15 is 0 Å². The number of carbonyl (C=O) groups excluding carboxylic acids is 1. The molecule has 3 nitrogen and oxygen atoms in total. The number of esters is 1. The zero-order chi connectivity index (χ0) is 11.4. The van der Waals surface area contributed by atoms with Crippen molar-refractivity contribution >= 4 is 5.97 Å². The summed E-state index contributed by atoms with van der Waals surface area (Å²) in [6.45, 7) is 12.7. The summed E-state index contributed by atoms with van der Waals surface area (Å²) in [5, 5.41) is 0. The minimum absolute atomic E-state index is 0. The molecule has 0 aliphatic rings. The zero-order valence-corrected chi connectivity index (χ0v) is 13.7. The molecule has 0 atom stereocenters. The molecule has 0 aromatic heterocycles. The maximum Gasteiger partial charge on any atom is 1.00 e. The molecule has 0 spiro atoms. The van der Waals surface area contributed by atoms with Gasteiger partial charge in [0.2, 0.25) is 0 Å². The molecule has 0 aromatic rings. The summed E-state index contributed by atoms with van der Waals surface area (Å²) in [6, 6.07) is 0.609. The Balaban J connectivity index is -0.0000000883. The van der Waals surface area contributed by atoms with Gasteiger partial charge in [0.15, 0.2) is 5.97 Å². The zero-order valence-electron chi connectivity index (χ0n) is 10.5. The first kappa shape index (κ1) is 24.1. The van der Waals surface area contributed by atoms with Gasteiger partial charge in [-0.05, 0) is 14.1 Å². The topological polar surface area (TPSA) is 29.5 Å². The summed E-state index contributed by atoms with van der Waals surface area (Å²) < 4.78 is 4.46. The van der Waals surface area contributed by atoms with Gasteiger partial charge in [0.25, 0.3) is 0 Å². The molecule has 0 rings (SSSR count). The van der Waals surface area contributed by atoms with Crippen LogP contribution < -0.4 is 51.4 Å². The van der Waals surface area contributed by atoms with E-state index in [1.165, 1.54) is 7.11 Å². The smallest absolute Gasteiger partial charge is 0.521 e. The van der Waals surface area contributed by atoms with Gasteiger partial charge in [-0.1, -0.05) is 13.8 Å². The van der Waals surface area contributed by atoms with Crippen LogP contribution in [-0.4, -0.2) is 32.1 Å². The van der Waals surface area contributed by atoms with E-state index in [4.69, 9.17) is 0 Å². The van der Waals surface area contributed by atoms with Crippen molar-refractivity contribution in [3.05, 3.63) is 19.2 Å². The molecule has 0 bridgehead atoms. The molecule has 0 aromatic carbocycles. The van der Waals surface area contributed by atoms with Gasteiger partial charge in [-0.2, -0.15) is 6.92 Å². The summed E-state index contributed by atoms with van der Waals surface area (Å²) in [5.41, 5.74) is 0. The first-order valence-electron chi connectivity index (χ1n) is 4.09. The summed E-state index contributed by atoms with van der Waals surface area (Å²) in [5.74, 6) is -0.278. The maximum atomic E-state index is 10.7. The van der Waals surface area contributed by atoms with Gasteiger partial charge in [-0.3, -0.25) is 11.4 Å². The minimum atomic E-state index is -0.278. The Morgan fingerprint density at radius 3 is 1.71 bits per heavy atom. The third kappa shape index (κ3) is 15.2. The Hall–Kier alpha value is 0.676. The minimum Gasteiger partial charge on any atom is -0.521 e. The second kappa shape index (κ2) is 19.3. The molecule has 0 N–H and O–H groups in total. The second-order valence-electron chi connectivity index (χ2n) is 1.97. The van der Waals surface area contributed by atoms with Crippen LogP contribution in [0.1, 0.15) is 20.8 Å². The second-order valence-corrected chi connectivity index (χ2v) is 1.97. The van der Waals surface area contributed by atoms with E-state index in [1.807, 2.05) is 13.8 Å². The van der Waals surface area contributed by atoms with Crippen molar-refractivity contribution in [1.82, 2.24) is 4.90 Å². The maximum absolute atomic E-state index is 10.7. The average molecular weight is 226 g/mol. The third-order valence-electron chi connectivity index (χ3n) is 1.15. The molecule has 0 heterocycles. The summed E-state index contributed by atoms with van der Waals surface area (Å²) >= 11 is 0. The number of carbonyl (C=O) groups is 1. The Bertz CT molecular complexity index is 119. The Kier molecular flexibility index (Phi) is 33.2. The van der Waals surface area contributed by atoms with Crippen molar-refractivity contribution in [3.63, 3.8) is 0 Å². The Labute approximate surface area is 131 Å². The van der Waals surface area contributed by atoms with Crippen LogP contribution in [0.25, 0.3) is 0 Å². The van der Waals surface area contributed by atoms with E-state index in [0.29, 0.717) is 6.04 Å². The Morgan fingerprint density at radius 1 is 1.36 bits per heavy atom. The number of hydrogen-bond donors (Lipinski definition) is 0. The van der Waals surface area contributed by atoms with E-state index in [0.717, 1.165) is 0 Å². The number of nitrogens with zero attached hydrogens (tertiary/aromatic N) is 1. The molecule has 0 unspecified atom stereocenters. The quantitative estimate of drug-likeness (QED) is 0.340. The molecule has 0 saturated heterocycles. The fraction of sp³-hybridized carbons (Fsp3) is 0.600. The van der Waals surface area contributed by atoms with E-state index in [-0.39, 0.29) is 57.4 Å². The van der Waals surface area contributed by atoms with Crippen molar-refractivity contribution < 1.29 is 60.9 Å². The average Bonchev–Trinajstić information content (AvgIpc) is 2.21. The van der Waals surface area contributed by atoms with E-state index < -0.39 is 0 Å². The number of ether oxygens (including phenoxy) is 1. The predicted octanol–water partition coefficient (Wildman–Crippen LogP) is -1.09. The van der Waals surface area contributed by atoms with Crippen molar-refractivity contribution in [2.45, 2.75) is 20.8 Å². The van der Waals surface area contributed by atoms with Crippen LogP contribution in [0.4, 0.5) is 0 Å². The van der Waals surface area contributed by atoms with Gasteiger partial charge < -0.3 is 16.2 Å². The molecule has 80 valence electrons. The van der Waals surface area contributed by atoms with Crippen LogP contribution in [0, 0.1) is 12.6 Å². The number of methoxy groups -OCH3 is 1. The molecule has 0 aliphatic heterocycles. The van der Waals surface area contributed by atoms with Gasteiger partial charge >= 0.3 is 51.4 Å². The van der Waals surface area contributed by atoms with Crippen molar-refractivity contribution in [2.24, 2.45) is 0 Å². The van der Waals surface area contributed by atoms with Crippen LogP contribution >= 0.6 is 0 Å². The normalized spacial score (nSPS) is 6.79. The van der Waals surface area contributed by atoms with E-state index in [1.54, 1.807) is 25.9 Å². The summed E-state index contributed by atoms with van der Waals surface area (Å²) in [7, 11) is 4.97. The number of hydrogen-bond acceptors (Lipinski definition) is 3. The fourth-order valence-corrected chi connectivity index (χ4v) is 0.330. The van der Waals surface area contributed by atoms with Gasteiger partial charge in [0.1, 0.15) is 0 Å². The fourth-order valence-electron chi connectivity index (χ4n) is 0.330. The van der Waals surface area contributed by atoms with Gasteiger partial charge in [-0.25, -0.2) is 6.04 Å². The molecule has 0 fully saturated rings. The molecular formula is C10H21KNO2-. The Morgan fingerprint density at radius 2 is 1.64 bits per heavy atom. The molecule has 14 heavy (non-hydrogen) atoms. The predicted molar refractivity (Wildman–Crippen MR) is 55.9 cm³/mol. The number of rotatable bonds is 2. The molecule has 0 amide bonds. The summed E-state index contributed by atoms with van der Waals surface area (Å²) in [4.78, 5) is 12.4. The van der Waals surface area contributed by atoms with Crippen LogP contribution in [0.2, 0.25) is 0 Å². The van der Waals surface area contributed by atoms with Gasteiger partial charge in [-0.15, -0.1) is 0 Å². The van der Waals surface area contributed by atoms with Crippen molar-refractivity contribution in [1.29, 1.82) is 0 Å². The standard InChI is InChI=1S/C6H12NO2.C2H6.C2H3.K/c1-5(7(2)3)6(8)9-4;2*1-2;/h1-4H3;1-2H3;1H,2H2;/q-1;;-1;+1. The van der Waals surface area contributed by atoms with Crippen LogP contribution in [0.15, 0.2) is 6.58 Å². The largest absolute Gasteiger partial charge is 1.00 e. The third-order valence-corrected chi connectivity index (χ3v) is 1.15. The van der Waals surface area contributed by atoms with Gasteiger partial charge in [0.05, 0.1) is 7.11 Å². The summed E-state index contributed by atoms with van der Waals surface area (Å²) in [6.07, 6.45) is 0. The van der Waals surface area contributed by atoms with Crippen LogP contribution in [-0.2, 0) is 9.53 Å². The SMILES string of the molecule is CC.COC(=O)[C-](C)N(C)C.[CH-]=C.[K+]. The first-order chi connectivity index (χ1) is 6.09. The first-order valence-corrected chi connectivity index (χ1v) is 4.09. The monoisotopic (exact) mass is 226 g/mol. The van der Waals surface area contributed by atoms with Crippen LogP contribution in [0.5, 0.6) is 0 Å². The molecule has 0 saturated carbocycles. The van der Waals surface area contributed by atoms with E-state index in [9.17, 15) is 4.79 Å². The molecule has 4 heteroatoms. The van der Waals surface area contributed by atoms with Crippen LogP contribution in [0.3, 0.4) is 0 Å². The van der Waals surface area contributed by atoms with Crippen molar-refractivity contribution in [3.8, 4) is 0 Å². The van der Waals surface area contributed by atoms with Gasteiger partial charge in [0, 0.05) is 0 Å². The number of likely N-dealkylation sites (N-methyl/N-ethyl adjacent to an activating group) is 1. The molecular weight excluding hydrogens is 205 g/mol.